The molecule has 4 nitrogen and oxygen atoms in total. The smallest absolute Gasteiger partial charge is 0.161 e. The third-order valence-corrected chi connectivity index (χ3v) is 4.27. The molecule has 0 aromatic heterocycles. The number of ether oxygens (including phenoxy) is 2. The van der Waals surface area contributed by atoms with E-state index in [1.165, 1.54) is 4.90 Å². The lowest BCUT2D eigenvalue weighted by Crippen LogP contribution is -2.46. The maximum absolute atomic E-state index is 13.5. The van der Waals surface area contributed by atoms with Gasteiger partial charge in [0, 0.05) is 43.8 Å². The highest BCUT2D eigenvalue weighted by molar-refractivity contribution is 5.83. The molecule has 0 N–H and O–H groups in total. The zero-order valence-electron chi connectivity index (χ0n) is 30.1. The molecule has 2 aliphatic heterocycles. The van der Waals surface area contributed by atoms with Crippen LogP contribution in [0.2, 0.25) is 0 Å². The molecule has 1 fully saturated rings. The summed E-state index contributed by atoms with van der Waals surface area (Å²) in [5.74, 6) is -9.40. The molecule has 1 saturated heterocycles. The summed E-state index contributed by atoms with van der Waals surface area (Å²) in [7, 11) is -6.34. The molecule has 0 saturated carbocycles. The van der Waals surface area contributed by atoms with Crippen LogP contribution in [0.1, 0.15) is 73.4 Å². The number of benzene rings is 1. The van der Waals surface area contributed by atoms with Crippen molar-refractivity contribution in [3.05, 3.63) is 23.2 Å². The van der Waals surface area contributed by atoms with Crippen molar-refractivity contribution < 1.29 is 37.6 Å². The SMILES string of the molecule is [2H]c1c2c(c([2H])c(OC([2H])([2H])[2H])c1OC([2H])([2H])[2H])C1CC(=O)C([2H])(C([2H])([2H])C([2H])(C([2H])([2H])[2H])C([2H])([2H])C)CN1CC2. The van der Waals surface area contributed by atoms with Crippen molar-refractivity contribution in [2.75, 3.05) is 27.2 Å². The second-order valence-corrected chi connectivity index (χ2v) is 5.60. The van der Waals surface area contributed by atoms with Gasteiger partial charge in [-0.1, -0.05) is 20.1 Å². The van der Waals surface area contributed by atoms with Gasteiger partial charge in [0.15, 0.2) is 11.5 Å². The molecule has 0 amide bonds. The van der Waals surface area contributed by atoms with Gasteiger partial charge in [0.2, 0.25) is 0 Å². The van der Waals surface area contributed by atoms with Crippen molar-refractivity contribution in [1.82, 2.24) is 4.90 Å². The molecule has 2 aliphatic rings. The summed E-state index contributed by atoms with van der Waals surface area (Å²) in [5, 5.41) is 0. The van der Waals surface area contributed by atoms with E-state index in [9.17, 15) is 4.79 Å². The van der Waals surface area contributed by atoms with Crippen LogP contribution in [0.4, 0.5) is 0 Å². The van der Waals surface area contributed by atoms with Gasteiger partial charge in [0.25, 0.3) is 0 Å². The van der Waals surface area contributed by atoms with Crippen molar-refractivity contribution in [3.63, 3.8) is 0 Å². The highest BCUT2D eigenvalue weighted by atomic mass is 16.5. The summed E-state index contributed by atoms with van der Waals surface area (Å²) >= 11 is 0. The normalized spacial score (nSPS) is 42.5. The molecule has 4 heteroatoms. The van der Waals surface area contributed by atoms with Gasteiger partial charge in [0.05, 0.1) is 25.0 Å². The van der Waals surface area contributed by atoms with E-state index in [0.717, 1.165) is 0 Å². The number of carbonyl (C=O) groups excluding carboxylic acids is 1. The molecule has 1 aromatic carbocycles. The predicted octanol–water partition coefficient (Wildman–Crippen LogP) is 3.63. The Kier molecular flexibility index (Phi) is 1.79. The van der Waals surface area contributed by atoms with Crippen LogP contribution >= 0.6 is 0 Å². The molecule has 1 aromatic rings. The molecular weight excluding hydrogens is 302 g/mol. The van der Waals surface area contributed by atoms with Crippen molar-refractivity contribution >= 4 is 5.78 Å². The number of fused-ring (bicyclic) bond motifs is 3. The van der Waals surface area contributed by atoms with Crippen LogP contribution in [-0.2, 0) is 11.2 Å². The number of piperidine rings is 1. The highest BCUT2D eigenvalue weighted by Gasteiger charge is 2.38. The fraction of sp³-hybridized carbons (Fsp3) is 0.650. The summed E-state index contributed by atoms with van der Waals surface area (Å²) in [4.78, 5) is 14.9. The summed E-state index contributed by atoms with van der Waals surface area (Å²) in [6, 6.07) is -2.44. The Morgan fingerprint density at radius 1 is 1.50 bits per heavy atom. The van der Waals surface area contributed by atoms with Crippen molar-refractivity contribution in [2.24, 2.45) is 11.8 Å². The number of carbonyl (C=O) groups is 1. The first-order chi connectivity index (χ1) is 18.1. The Hall–Kier alpha value is -1.55. The Morgan fingerprint density at radius 2 is 2.29 bits per heavy atom. The van der Waals surface area contributed by atoms with Gasteiger partial charge in [-0.3, -0.25) is 9.69 Å². The van der Waals surface area contributed by atoms with Gasteiger partial charge in [-0.2, -0.15) is 0 Å². The van der Waals surface area contributed by atoms with Crippen molar-refractivity contribution in [2.45, 2.75) is 45.4 Å². The first kappa shape index (κ1) is 6.01. The lowest BCUT2D eigenvalue weighted by molar-refractivity contribution is -0.129. The van der Waals surface area contributed by atoms with E-state index in [2.05, 4.69) is 0 Å². The molecule has 3 rings (SSSR count). The predicted molar refractivity (Wildman–Crippen MR) is 94.8 cm³/mol. The Morgan fingerprint density at radius 3 is 3.00 bits per heavy atom. The third kappa shape index (κ3) is 3.16. The summed E-state index contributed by atoms with van der Waals surface area (Å²) in [6.45, 7) is -3.80. The molecular formula is C20H29NO3. The zero-order chi connectivity index (χ0) is 31.9. The van der Waals surface area contributed by atoms with Gasteiger partial charge in [-0.25, -0.2) is 0 Å². The molecule has 3 unspecified atom stereocenters. The van der Waals surface area contributed by atoms with E-state index in [0.29, 0.717) is 6.92 Å². The van der Waals surface area contributed by atoms with Crippen LogP contribution in [0.15, 0.2) is 12.1 Å². The molecule has 0 spiro atoms. The Balaban J connectivity index is 2.18. The minimum atomic E-state index is -3.59. The summed E-state index contributed by atoms with van der Waals surface area (Å²) in [6.07, 6.45) is -7.45. The molecule has 0 radical (unpaired) electrons. The fourth-order valence-corrected chi connectivity index (χ4v) is 3.07. The number of Topliss-reactive ketones (excluding diaryl/α,β-unsaturated/α-hetero) is 1. The number of ketones is 1. The quantitative estimate of drug-likeness (QED) is 0.814. The molecule has 2 heterocycles. The van der Waals surface area contributed by atoms with Gasteiger partial charge in [-0.05, 0) is 41.9 Å². The van der Waals surface area contributed by atoms with Crippen LogP contribution in [0.5, 0.6) is 11.5 Å². The van der Waals surface area contributed by atoms with E-state index in [-0.39, 0.29) is 24.1 Å². The number of hydrogen-bond acceptors (Lipinski definition) is 4. The maximum Gasteiger partial charge on any atom is 0.161 e. The van der Waals surface area contributed by atoms with Gasteiger partial charge in [-0.15, -0.1) is 0 Å². The topological polar surface area (TPSA) is 38.8 Å². The average molecular weight is 349 g/mol. The second kappa shape index (κ2) is 7.14. The van der Waals surface area contributed by atoms with Gasteiger partial charge >= 0.3 is 0 Å². The monoisotopic (exact) mass is 348 g/mol. The third-order valence-electron chi connectivity index (χ3n) is 4.27. The number of nitrogens with zero attached hydrogens (tertiary/aromatic N) is 1. The standard InChI is InChI=1S/C20H29NO3/c1-5-13(2)8-15-12-21-7-6-14-9-19(23-3)20(24-4)10-16(14)17(21)11-18(15)22/h9-10,13,15,17H,5-8,11-12H2,1-4H3/i2D3,3D3,4D3,5D2,8D2,9D,10D,13D,15D. The minimum Gasteiger partial charge on any atom is -0.493 e. The lowest BCUT2D eigenvalue weighted by atomic mass is 9.79. The van der Waals surface area contributed by atoms with Crippen LogP contribution < -0.4 is 9.47 Å². The summed E-state index contributed by atoms with van der Waals surface area (Å²) in [5.41, 5.74) is -0.0583. The van der Waals surface area contributed by atoms with Crippen LogP contribution in [-0.4, -0.2) is 37.8 Å². The van der Waals surface area contributed by atoms with E-state index >= 15 is 0 Å². The van der Waals surface area contributed by atoms with Crippen LogP contribution in [0.3, 0.4) is 0 Å². The van der Waals surface area contributed by atoms with E-state index in [4.69, 9.17) is 32.8 Å². The number of rotatable bonds is 5. The minimum absolute atomic E-state index is 0.0453. The molecule has 24 heavy (non-hydrogen) atoms. The first-order valence-corrected chi connectivity index (χ1v) is 7.42. The van der Waals surface area contributed by atoms with Gasteiger partial charge < -0.3 is 9.47 Å². The van der Waals surface area contributed by atoms with E-state index in [1.807, 2.05) is 0 Å². The average Bonchev–Trinajstić information content (AvgIpc) is 2.76. The molecule has 0 bridgehead atoms. The molecule has 3 atom stereocenters. The summed E-state index contributed by atoms with van der Waals surface area (Å²) < 4.78 is 145. The zero-order valence-corrected chi connectivity index (χ0v) is 13.1. The van der Waals surface area contributed by atoms with E-state index in [1.54, 1.807) is 0 Å². The largest absolute Gasteiger partial charge is 0.493 e. The second-order valence-electron chi connectivity index (χ2n) is 5.60. The van der Waals surface area contributed by atoms with Crippen LogP contribution in [0.25, 0.3) is 0 Å². The molecule has 0 aliphatic carbocycles. The first-order valence-electron chi connectivity index (χ1n) is 15.9. The van der Waals surface area contributed by atoms with Crippen LogP contribution in [0, 0.1) is 11.8 Å². The fourth-order valence-electron chi connectivity index (χ4n) is 3.07. The van der Waals surface area contributed by atoms with Crippen molar-refractivity contribution in [1.29, 1.82) is 0 Å². The molecule has 132 valence electrons. The van der Waals surface area contributed by atoms with E-state index < -0.39 is 93.8 Å². The maximum atomic E-state index is 13.5. The number of methoxy groups -OCH3 is 2. The van der Waals surface area contributed by atoms with Gasteiger partial charge in [0.1, 0.15) is 5.78 Å². The Labute approximate surface area is 169 Å². The highest BCUT2D eigenvalue weighted by Crippen LogP contribution is 2.42. The van der Waals surface area contributed by atoms with Crippen molar-refractivity contribution in [3.8, 4) is 11.5 Å². The number of hydrogen-bond donors (Lipinski definition) is 0. The Bertz CT molecular complexity index is 1200. The lowest BCUT2D eigenvalue weighted by Gasteiger charge is -2.43.